The third-order valence-corrected chi connectivity index (χ3v) is 2.91. The van der Waals surface area contributed by atoms with Gasteiger partial charge in [0.2, 0.25) is 0 Å². The zero-order valence-corrected chi connectivity index (χ0v) is 10.1. The number of nitrogens with one attached hydrogen (secondary N) is 1. The van der Waals surface area contributed by atoms with Crippen molar-refractivity contribution in [1.82, 2.24) is 5.32 Å². The number of aryl methyl sites for hydroxylation is 1. The highest BCUT2D eigenvalue weighted by atomic mass is 32.2. The van der Waals surface area contributed by atoms with Crippen molar-refractivity contribution in [3.05, 3.63) is 35.1 Å². The first-order chi connectivity index (χ1) is 7.88. The lowest BCUT2D eigenvalue weighted by Crippen LogP contribution is -2.19. The summed E-state index contributed by atoms with van der Waals surface area (Å²) in [5.41, 5.74) is -2.50. The minimum absolute atomic E-state index is 0.0438. The molecule has 0 aromatic heterocycles. The molecule has 0 saturated heterocycles. The first kappa shape index (κ1) is 14.3. The van der Waals surface area contributed by atoms with Gasteiger partial charge in [0.15, 0.2) is 0 Å². The van der Waals surface area contributed by atoms with Gasteiger partial charge in [0.05, 0.1) is 0 Å². The molecule has 0 spiro atoms. The molecule has 1 aromatic rings. The SMILES string of the molecule is Cc1ccc(F)cc1CNCCSC(F)(F)F. The van der Waals surface area contributed by atoms with E-state index >= 15 is 0 Å². The van der Waals surface area contributed by atoms with Gasteiger partial charge in [-0.3, -0.25) is 0 Å². The summed E-state index contributed by atoms with van der Waals surface area (Å²) in [5.74, 6) is -0.380. The molecule has 17 heavy (non-hydrogen) atoms. The van der Waals surface area contributed by atoms with Crippen molar-refractivity contribution < 1.29 is 17.6 Å². The summed E-state index contributed by atoms with van der Waals surface area (Å²) in [6.07, 6.45) is 0. The van der Waals surface area contributed by atoms with E-state index in [1.165, 1.54) is 12.1 Å². The van der Waals surface area contributed by atoms with Crippen LogP contribution in [-0.4, -0.2) is 17.8 Å². The first-order valence-electron chi connectivity index (χ1n) is 5.05. The number of thioether (sulfide) groups is 1. The highest BCUT2D eigenvalue weighted by molar-refractivity contribution is 8.00. The van der Waals surface area contributed by atoms with E-state index in [1.807, 2.05) is 6.92 Å². The molecule has 0 radical (unpaired) electrons. The Morgan fingerprint density at radius 2 is 2.00 bits per heavy atom. The number of hydrogen-bond donors (Lipinski definition) is 1. The minimum Gasteiger partial charge on any atom is -0.312 e. The number of rotatable bonds is 5. The largest absolute Gasteiger partial charge is 0.441 e. The van der Waals surface area contributed by atoms with Gasteiger partial charge in [-0.25, -0.2) is 4.39 Å². The molecular weight excluding hydrogens is 254 g/mol. The van der Waals surface area contributed by atoms with Crippen LogP contribution in [-0.2, 0) is 6.54 Å². The van der Waals surface area contributed by atoms with Crippen LogP contribution in [0, 0.1) is 12.7 Å². The van der Waals surface area contributed by atoms with Gasteiger partial charge in [0, 0.05) is 18.8 Å². The Bertz CT molecular complexity index is 365. The van der Waals surface area contributed by atoms with Crippen LogP contribution in [0.15, 0.2) is 18.2 Å². The van der Waals surface area contributed by atoms with E-state index in [1.54, 1.807) is 6.07 Å². The van der Waals surface area contributed by atoms with Crippen molar-refractivity contribution in [2.24, 2.45) is 0 Å². The molecule has 6 heteroatoms. The second-order valence-electron chi connectivity index (χ2n) is 3.54. The van der Waals surface area contributed by atoms with Crippen LogP contribution in [0.2, 0.25) is 0 Å². The topological polar surface area (TPSA) is 12.0 Å². The average Bonchev–Trinajstić information content (AvgIpc) is 2.21. The lowest BCUT2D eigenvalue weighted by atomic mass is 10.1. The van der Waals surface area contributed by atoms with Crippen molar-refractivity contribution in [3.63, 3.8) is 0 Å². The van der Waals surface area contributed by atoms with Crippen molar-refractivity contribution >= 4 is 11.8 Å². The third-order valence-electron chi connectivity index (χ3n) is 2.17. The molecule has 0 aliphatic carbocycles. The van der Waals surface area contributed by atoms with Crippen molar-refractivity contribution in [1.29, 1.82) is 0 Å². The Morgan fingerprint density at radius 3 is 2.65 bits per heavy atom. The van der Waals surface area contributed by atoms with Gasteiger partial charge >= 0.3 is 5.51 Å². The normalized spacial score (nSPS) is 11.8. The molecule has 1 rings (SSSR count). The highest BCUT2D eigenvalue weighted by Crippen LogP contribution is 2.29. The van der Waals surface area contributed by atoms with Crippen LogP contribution < -0.4 is 5.32 Å². The number of hydrogen-bond acceptors (Lipinski definition) is 2. The Labute approximate surface area is 102 Å². The fourth-order valence-electron chi connectivity index (χ4n) is 1.29. The Morgan fingerprint density at radius 1 is 1.29 bits per heavy atom. The maximum Gasteiger partial charge on any atom is 0.441 e. The molecule has 1 N–H and O–H groups in total. The van der Waals surface area contributed by atoms with Crippen molar-refractivity contribution in [2.45, 2.75) is 19.0 Å². The molecule has 0 saturated carbocycles. The number of alkyl halides is 3. The van der Waals surface area contributed by atoms with E-state index in [4.69, 9.17) is 0 Å². The molecule has 0 amide bonds. The van der Waals surface area contributed by atoms with Crippen LogP contribution in [0.25, 0.3) is 0 Å². The molecule has 0 aliphatic rings. The highest BCUT2D eigenvalue weighted by Gasteiger charge is 2.27. The first-order valence-corrected chi connectivity index (χ1v) is 6.03. The zero-order chi connectivity index (χ0) is 12.9. The summed E-state index contributed by atoms with van der Waals surface area (Å²) in [4.78, 5) is 0. The standard InChI is InChI=1S/C11H13F4NS/c1-8-2-3-10(12)6-9(8)7-16-4-5-17-11(13,14)15/h2-3,6,16H,4-5,7H2,1H3. The van der Waals surface area contributed by atoms with Crippen molar-refractivity contribution in [3.8, 4) is 0 Å². The zero-order valence-electron chi connectivity index (χ0n) is 9.27. The molecule has 0 heterocycles. The van der Waals surface area contributed by atoms with Gasteiger partial charge in [-0.15, -0.1) is 0 Å². The Balaban J connectivity index is 2.29. The van der Waals surface area contributed by atoms with Gasteiger partial charge in [-0.1, -0.05) is 6.07 Å². The van der Waals surface area contributed by atoms with Gasteiger partial charge in [0.1, 0.15) is 5.82 Å². The molecule has 0 unspecified atom stereocenters. The molecule has 96 valence electrons. The summed E-state index contributed by atoms with van der Waals surface area (Å²) in [5, 5.41) is 2.85. The lowest BCUT2D eigenvalue weighted by molar-refractivity contribution is -0.0327. The lowest BCUT2D eigenvalue weighted by Gasteiger charge is -2.09. The maximum atomic E-state index is 12.9. The van der Waals surface area contributed by atoms with Crippen LogP contribution >= 0.6 is 11.8 Å². The van der Waals surface area contributed by atoms with E-state index in [-0.39, 0.29) is 29.9 Å². The van der Waals surface area contributed by atoms with Gasteiger partial charge in [-0.2, -0.15) is 13.2 Å². The van der Waals surface area contributed by atoms with E-state index < -0.39 is 5.51 Å². The number of benzene rings is 1. The Hall–Kier alpha value is -0.750. The third kappa shape index (κ3) is 5.93. The molecular formula is C11H13F4NS. The van der Waals surface area contributed by atoms with E-state index in [0.717, 1.165) is 11.1 Å². The predicted octanol–water partition coefficient (Wildman–Crippen LogP) is 3.48. The van der Waals surface area contributed by atoms with Crippen LogP contribution in [0.5, 0.6) is 0 Å². The van der Waals surface area contributed by atoms with Crippen LogP contribution in [0.3, 0.4) is 0 Å². The van der Waals surface area contributed by atoms with E-state index in [9.17, 15) is 17.6 Å². The molecule has 0 aliphatic heterocycles. The fraction of sp³-hybridized carbons (Fsp3) is 0.455. The monoisotopic (exact) mass is 267 g/mol. The number of halogens is 4. The summed E-state index contributed by atoms with van der Waals surface area (Å²) in [6.45, 7) is 2.45. The predicted molar refractivity (Wildman–Crippen MR) is 61.4 cm³/mol. The van der Waals surface area contributed by atoms with E-state index in [2.05, 4.69) is 5.32 Å². The molecule has 1 aromatic carbocycles. The second kappa shape index (κ2) is 6.26. The summed E-state index contributed by atoms with van der Waals surface area (Å²) in [6, 6.07) is 4.40. The minimum atomic E-state index is -4.18. The Kier molecular flexibility index (Phi) is 5.27. The summed E-state index contributed by atoms with van der Waals surface area (Å²) < 4.78 is 48.3. The van der Waals surface area contributed by atoms with Crippen LogP contribution in [0.4, 0.5) is 17.6 Å². The fourth-order valence-corrected chi connectivity index (χ4v) is 1.77. The molecule has 1 nitrogen and oxygen atoms in total. The van der Waals surface area contributed by atoms with Gasteiger partial charge < -0.3 is 5.32 Å². The van der Waals surface area contributed by atoms with Gasteiger partial charge in [-0.05, 0) is 41.9 Å². The smallest absolute Gasteiger partial charge is 0.312 e. The average molecular weight is 267 g/mol. The molecule has 0 atom stereocenters. The summed E-state index contributed by atoms with van der Waals surface area (Å²) in [7, 11) is 0. The van der Waals surface area contributed by atoms with E-state index in [0.29, 0.717) is 6.54 Å². The van der Waals surface area contributed by atoms with Crippen LogP contribution in [0.1, 0.15) is 11.1 Å². The molecule has 0 bridgehead atoms. The van der Waals surface area contributed by atoms with Crippen molar-refractivity contribution in [2.75, 3.05) is 12.3 Å². The molecule has 0 fully saturated rings. The second-order valence-corrected chi connectivity index (χ2v) is 4.70. The quantitative estimate of drug-likeness (QED) is 0.647. The van der Waals surface area contributed by atoms with Gasteiger partial charge in [0.25, 0.3) is 0 Å². The maximum absolute atomic E-state index is 12.9. The summed E-state index contributed by atoms with van der Waals surface area (Å²) >= 11 is -0.0605.